The zero-order valence-electron chi connectivity index (χ0n) is 11.6. The van der Waals surface area contributed by atoms with Crippen LogP contribution in [0.2, 0.25) is 0 Å². The third-order valence-corrected chi connectivity index (χ3v) is 6.50. The number of nitrogens with zero attached hydrogens (tertiary/aromatic N) is 2. The van der Waals surface area contributed by atoms with E-state index in [9.17, 15) is 8.42 Å². The zero-order valence-corrected chi connectivity index (χ0v) is 12.5. The molecule has 1 saturated heterocycles. The summed E-state index contributed by atoms with van der Waals surface area (Å²) in [6.07, 6.45) is 5.18. The zero-order chi connectivity index (χ0) is 13.7. The van der Waals surface area contributed by atoms with Crippen LogP contribution in [0.5, 0.6) is 0 Å². The van der Waals surface area contributed by atoms with Crippen molar-refractivity contribution < 1.29 is 8.42 Å². The highest BCUT2D eigenvalue weighted by Gasteiger charge is 2.36. The summed E-state index contributed by atoms with van der Waals surface area (Å²) in [6.45, 7) is 1.81. The highest BCUT2D eigenvalue weighted by Crippen LogP contribution is 2.42. The van der Waals surface area contributed by atoms with Crippen molar-refractivity contribution in [2.75, 3.05) is 18.1 Å². The van der Waals surface area contributed by atoms with Crippen molar-refractivity contribution in [3.8, 4) is 0 Å². The maximum absolute atomic E-state index is 12.0. The SMILES string of the molecule is O=S1(=O)CCCC(n2c(C3CC3)nc3c2CCNC3)C1. The van der Waals surface area contributed by atoms with Gasteiger partial charge < -0.3 is 9.88 Å². The number of hydrogen-bond acceptors (Lipinski definition) is 4. The van der Waals surface area contributed by atoms with E-state index < -0.39 is 9.84 Å². The van der Waals surface area contributed by atoms with Crippen molar-refractivity contribution in [2.24, 2.45) is 0 Å². The third kappa shape index (κ3) is 2.19. The minimum absolute atomic E-state index is 0.124. The standard InChI is InChI=1S/C14H21N3O2S/c18-20(19)7-1-2-11(9-20)17-13-5-6-15-8-12(13)16-14(17)10-3-4-10/h10-11,15H,1-9H2. The van der Waals surface area contributed by atoms with Crippen molar-refractivity contribution >= 4 is 9.84 Å². The van der Waals surface area contributed by atoms with Gasteiger partial charge in [-0.3, -0.25) is 0 Å². The number of rotatable bonds is 2. The number of imidazole rings is 1. The lowest BCUT2D eigenvalue weighted by molar-refractivity contribution is 0.441. The van der Waals surface area contributed by atoms with Gasteiger partial charge in [-0.05, 0) is 25.7 Å². The van der Waals surface area contributed by atoms with E-state index in [1.54, 1.807) is 0 Å². The van der Waals surface area contributed by atoms with Crippen LogP contribution in [0.4, 0.5) is 0 Å². The Hall–Kier alpha value is -0.880. The maximum Gasteiger partial charge on any atom is 0.152 e. The molecule has 6 heteroatoms. The minimum atomic E-state index is -2.87. The van der Waals surface area contributed by atoms with Gasteiger partial charge in [0.2, 0.25) is 0 Å². The van der Waals surface area contributed by atoms with E-state index >= 15 is 0 Å². The molecule has 1 aliphatic carbocycles. The lowest BCUT2D eigenvalue weighted by Crippen LogP contribution is -2.31. The van der Waals surface area contributed by atoms with E-state index in [4.69, 9.17) is 4.98 Å². The third-order valence-electron chi connectivity index (χ3n) is 4.70. The molecule has 3 aliphatic rings. The van der Waals surface area contributed by atoms with Gasteiger partial charge in [0, 0.05) is 37.2 Å². The van der Waals surface area contributed by atoms with Crippen molar-refractivity contribution in [1.29, 1.82) is 0 Å². The molecule has 4 rings (SSSR count). The summed E-state index contributed by atoms with van der Waals surface area (Å²) in [7, 11) is -2.87. The maximum atomic E-state index is 12.0. The molecule has 1 atom stereocenters. The molecular weight excluding hydrogens is 274 g/mol. The van der Waals surface area contributed by atoms with Crippen LogP contribution >= 0.6 is 0 Å². The average Bonchev–Trinajstić information content (AvgIpc) is 3.18. The Labute approximate surface area is 119 Å². The second-order valence-electron chi connectivity index (χ2n) is 6.34. The van der Waals surface area contributed by atoms with E-state index in [1.807, 2.05) is 0 Å². The van der Waals surface area contributed by atoms with Crippen LogP contribution in [0, 0.1) is 0 Å². The molecule has 0 radical (unpaired) electrons. The largest absolute Gasteiger partial charge is 0.327 e. The predicted molar refractivity (Wildman–Crippen MR) is 76.5 cm³/mol. The molecule has 0 amide bonds. The van der Waals surface area contributed by atoms with Crippen LogP contribution in [-0.4, -0.2) is 36.0 Å². The summed E-state index contributed by atoms with van der Waals surface area (Å²) in [5.41, 5.74) is 2.45. The normalized spacial score (nSPS) is 29.1. The van der Waals surface area contributed by atoms with Crippen LogP contribution in [0.3, 0.4) is 0 Å². The summed E-state index contributed by atoms with van der Waals surface area (Å²) < 4.78 is 26.3. The fraction of sp³-hybridized carbons (Fsp3) is 0.786. The van der Waals surface area contributed by atoms with Crippen LogP contribution in [0.25, 0.3) is 0 Å². The predicted octanol–water partition coefficient (Wildman–Crippen LogP) is 1.16. The number of hydrogen-bond donors (Lipinski definition) is 1. The summed E-state index contributed by atoms with van der Waals surface area (Å²) in [4.78, 5) is 4.84. The van der Waals surface area contributed by atoms with E-state index in [0.717, 1.165) is 38.0 Å². The molecule has 20 heavy (non-hydrogen) atoms. The van der Waals surface area contributed by atoms with Gasteiger partial charge in [0.1, 0.15) is 5.82 Å². The minimum Gasteiger partial charge on any atom is -0.327 e. The fourth-order valence-corrected chi connectivity index (χ4v) is 5.27. The molecule has 2 aliphatic heterocycles. The summed E-state index contributed by atoms with van der Waals surface area (Å²) >= 11 is 0. The fourth-order valence-electron chi connectivity index (χ4n) is 3.59. The summed E-state index contributed by atoms with van der Waals surface area (Å²) in [5, 5.41) is 3.37. The van der Waals surface area contributed by atoms with Crippen LogP contribution < -0.4 is 5.32 Å². The van der Waals surface area contributed by atoms with Crippen LogP contribution in [0.1, 0.15) is 54.9 Å². The van der Waals surface area contributed by atoms with E-state index in [0.29, 0.717) is 17.4 Å². The van der Waals surface area contributed by atoms with Gasteiger partial charge in [0.15, 0.2) is 9.84 Å². The molecule has 0 aromatic carbocycles. The number of fused-ring (bicyclic) bond motifs is 1. The quantitative estimate of drug-likeness (QED) is 0.889. The van der Waals surface area contributed by atoms with Crippen LogP contribution in [0.15, 0.2) is 0 Å². The smallest absolute Gasteiger partial charge is 0.152 e. The van der Waals surface area contributed by atoms with Crippen LogP contribution in [-0.2, 0) is 22.8 Å². The summed E-state index contributed by atoms with van der Waals surface area (Å²) in [6, 6.07) is 0.124. The molecular formula is C14H21N3O2S. The van der Waals surface area contributed by atoms with Crippen molar-refractivity contribution in [2.45, 2.75) is 50.6 Å². The second kappa shape index (κ2) is 4.56. The molecule has 1 unspecified atom stereocenters. The molecule has 1 N–H and O–H groups in total. The molecule has 5 nitrogen and oxygen atoms in total. The first kappa shape index (κ1) is 12.8. The number of nitrogens with one attached hydrogen (secondary N) is 1. The molecule has 0 spiro atoms. The topological polar surface area (TPSA) is 64.0 Å². The van der Waals surface area contributed by atoms with Gasteiger partial charge in [0.05, 0.1) is 17.2 Å². The Morgan fingerprint density at radius 2 is 2.10 bits per heavy atom. The highest BCUT2D eigenvalue weighted by molar-refractivity contribution is 7.91. The molecule has 1 aromatic heterocycles. The first-order valence-corrected chi connectivity index (χ1v) is 9.47. The first-order chi connectivity index (χ1) is 9.64. The van der Waals surface area contributed by atoms with Crippen molar-refractivity contribution in [3.63, 3.8) is 0 Å². The van der Waals surface area contributed by atoms with E-state index in [2.05, 4.69) is 9.88 Å². The Bertz CT molecular complexity index is 631. The molecule has 2 fully saturated rings. The average molecular weight is 295 g/mol. The van der Waals surface area contributed by atoms with Gasteiger partial charge in [-0.1, -0.05) is 0 Å². The van der Waals surface area contributed by atoms with Gasteiger partial charge in [-0.2, -0.15) is 0 Å². The summed E-state index contributed by atoms with van der Waals surface area (Å²) in [5.74, 6) is 2.41. The first-order valence-electron chi connectivity index (χ1n) is 7.65. The highest BCUT2D eigenvalue weighted by atomic mass is 32.2. The lowest BCUT2D eigenvalue weighted by Gasteiger charge is -2.28. The second-order valence-corrected chi connectivity index (χ2v) is 8.57. The van der Waals surface area contributed by atoms with E-state index in [-0.39, 0.29) is 6.04 Å². The molecule has 1 aromatic rings. The van der Waals surface area contributed by atoms with Crippen molar-refractivity contribution in [3.05, 3.63) is 17.2 Å². The number of sulfone groups is 1. The molecule has 0 bridgehead atoms. The lowest BCUT2D eigenvalue weighted by atomic mass is 10.1. The Kier molecular flexibility index (Phi) is 2.93. The van der Waals surface area contributed by atoms with Gasteiger partial charge in [-0.25, -0.2) is 13.4 Å². The van der Waals surface area contributed by atoms with Crippen molar-refractivity contribution in [1.82, 2.24) is 14.9 Å². The Balaban J connectivity index is 1.77. The van der Waals surface area contributed by atoms with Gasteiger partial charge >= 0.3 is 0 Å². The van der Waals surface area contributed by atoms with Gasteiger partial charge in [-0.15, -0.1) is 0 Å². The van der Waals surface area contributed by atoms with Gasteiger partial charge in [0.25, 0.3) is 0 Å². The molecule has 110 valence electrons. The Morgan fingerprint density at radius 3 is 2.85 bits per heavy atom. The monoisotopic (exact) mass is 295 g/mol. The number of aromatic nitrogens is 2. The molecule has 1 saturated carbocycles. The Morgan fingerprint density at radius 1 is 1.25 bits per heavy atom. The van der Waals surface area contributed by atoms with E-state index in [1.165, 1.54) is 24.4 Å². The molecule has 3 heterocycles.